The molecule has 0 spiro atoms. The largest absolute Gasteiger partial charge is 0.465 e. The van der Waals surface area contributed by atoms with Crippen molar-refractivity contribution in [3.05, 3.63) is 24.3 Å². The minimum Gasteiger partial charge on any atom is -0.465 e. The molecule has 0 aromatic heterocycles. The zero-order chi connectivity index (χ0) is 12.7. The minimum atomic E-state index is -1.10. The van der Waals surface area contributed by atoms with Crippen molar-refractivity contribution in [2.45, 2.75) is 20.8 Å². The van der Waals surface area contributed by atoms with Crippen LogP contribution in [-0.4, -0.2) is 25.2 Å². The third-order valence-corrected chi connectivity index (χ3v) is 1.94. The van der Waals surface area contributed by atoms with E-state index >= 15 is 0 Å². The SMILES string of the molecule is C=C(C)C(=C)C(C(=O)OCC)C(=O)OCC. The number of ether oxygens (including phenoxy) is 2. The highest BCUT2D eigenvalue weighted by Gasteiger charge is 2.32. The molecule has 0 aliphatic rings. The molecule has 0 rings (SSSR count). The summed E-state index contributed by atoms with van der Waals surface area (Å²) in [6, 6.07) is 0. The van der Waals surface area contributed by atoms with Crippen molar-refractivity contribution in [2.24, 2.45) is 5.92 Å². The molecule has 0 fully saturated rings. The second kappa shape index (κ2) is 6.82. The smallest absolute Gasteiger partial charge is 0.324 e. The van der Waals surface area contributed by atoms with Crippen LogP contribution in [0.1, 0.15) is 20.8 Å². The molecule has 4 nitrogen and oxygen atoms in total. The molecule has 0 saturated heterocycles. The van der Waals surface area contributed by atoms with Crippen LogP contribution in [0.4, 0.5) is 0 Å². The molecule has 0 atom stereocenters. The normalized spacial score (nSPS) is 9.75. The van der Waals surface area contributed by atoms with Gasteiger partial charge >= 0.3 is 11.9 Å². The van der Waals surface area contributed by atoms with Gasteiger partial charge in [-0.2, -0.15) is 0 Å². The summed E-state index contributed by atoms with van der Waals surface area (Å²) >= 11 is 0. The third-order valence-electron chi connectivity index (χ3n) is 1.94. The summed E-state index contributed by atoms with van der Waals surface area (Å²) in [5, 5.41) is 0. The molecule has 0 heterocycles. The highest BCUT2D eigenvalue weighted by atomic mass is 16.6. The van der Waals surface area contributed by atoms with Gasteiger partial charge < -0.3 is 9.47 Å². The molecule has 0 N–H and O–H groups in total. The van der Waals surface area contributed by atoms with E-state index in [-0.39, 0.29) is 13.2 Å². The number of carbonyl (C=O) groups excluding carboxylic acids is 2. The Morgan fingerprint density at radius 3 is 1.69 bits per heavy atom. The number of esters is 2. The minimum absolute atomic E-state index is 0.207. The van der Waals surface area contributed by atoms with Crippen LogP contribution in [0.2, 0.25) is 0 Å². The van der Waals surface area contributed by atoms with Gasteiger partial charge in [0.1, 0.15) is 0 Å². The average molecular weight is 226 g/mol. The lowest BCUT2D eigenvalue weighted by Crippen LogP contribution is -2.29. The van der Waals surface area contributed by atoms with E-state index in [1.807, 2.05) is 0 Å². The summed E-state index contributed by atoms with van der Waals surface area (Å²) in [6.45, 7) is 12.7. The van der Waals surface area contributed by atoms with Crippen LogP contribution in [0.15, 0.2) is 24.3 Å². The predicted octanol–water partition coefficient (Wildman–Crippen LogP) is 1.86. The fraction of sp³-hybridized carbons (Fsp3) is 0.500. The van der Waals surface area contributed by atoms with Crippen LogP contribution in [0.5, 0.6) is 0 Å². The maximum absolute atomic E-state index is 11.6. The van der Waals surface area contributed by atoms with Gasteiger partial charge in [0.25, 0.3) is 0 Å². The number of carbonyl (C=O) groups is 2. The van der Waals surface area contributed by atoms with Crippen molar-refractivity contribution in [3.8, 4) is 0 Å². The summed E-state index contributed by atoms with van der Waals surface area (Å²) < 4.78 is 9.60. The molecule has 0 aliphatic carbocycles. The van der Waals surface area contributed by atoms with E-state index < -0.39 is 17.9 Å². The fourth-order valence-electron chi connectivity index (χ4n) is 1.08. The molecular formula is C12H18O4. The molecule has 90 valence electrons. The summed E-state index contributed by atoms with van der Waals surface area (Å²) in [6.07, 6.45) is 0. The standard InChI is InChI=1S/C12H18O4/c1-6-15-11(13)10(9(5)8(3)4)12(14)16-7-2/h10H,3,5-7H2,1-2,4H3. The van der Waals surface area contributed by atoms with E-state index in [0.29, 0.717) is 11.1 Å². The molecule has 16 heavy (non-hydrogen) atoms. The zero-order valence-corrected chi connectivity index (χ0v) is 10.0. The van der Waals surface area contributed by atoms with Crippen molar-refractivity contribution < 1.29 is 19.1 Å². The molecule has 0 radical (unpaired) electrons. The van der Waals surface area contributed by atoms with Crippen LogP contribution >= 0.6 is 0 Å². The third kappa shape index (κ3) is 3.88. The van der Waals surface area contributed by atoms with Gasteiger partial charge in [-0.25, -0.2) is 0 Å². The molecule has 0 unspecified atom stereocenters. The molecular weight excluding hydrogens is 208 g/mol. The first-order chi connectivity index (χ1) is 7.45. The summed E-state index contributed by atoms with van der Waals surface area (Å²) in [7, 11) is 0. The number of hydrogen-bond acceptors (Lipinski definition) is 4. The van der Waals surface area contributed by atoms with Gasteiger partial charge in [-0.05, 0) is 26.3 Å². The maximum atomic E-state index is 11.6. The molecule has 0 amide bonds. The lowest BCUT2D eigenvalue weighted by atomic mass is 9.95. The molecule has 0 saturated carbocycles. The Kier molecular flexibility index (Phi) is 6.15. The molecule has 4 heteroatoms. The van der Waals surface area contributed by atoms with Crippen molar-refractivity contribution in [1.82, 2.24) is 0 Å². The summed E-state index contributed by atoms with van der Waals surface area (Å²) in [5.74, 6) is -2.39. The Morgan fingerprint density at radius 1 is 1.06 bits per heavy atom. The van der Waals surface area contributed by atoms with Gasteiger partial charge in [-0.3, -0.25) is 9.59 Å². The van der Waals surface area contributed by atoms with Gasteiger partial charge in [0.2, 0.25) is 0 Å². The number of rotatable bonds is 6. The quantitative estimate of drug-likeness (QED) is 0.394. The number of hydrogen-bond donors (Lipinski definition) is 0. The molecule has 0 aromatic rings. The maximum Gasteiger partial charge on any atom is 0.324 e. The van der Waals surface area contributed by atoms with E-state index in [1.165, 1.54) is 0 Å². The molecule has 0 aliphatic heterocycles. The van der Waals surface area contributed by atoms with E-state index in [2.05, 4.69) is 13.2 Å². The van der Waals surface area contributed by atoms with Crippen LogP contribution in [-0.2, 0) is 19.1 Å². The lowest BCUT2D eigenvalue weighted by molar-refractivity contribution is -0.159. The highest BCUT2D eigenvalue weighted by molar-refractivity contribution is 5.99. The monoisotopic (exact) mass is 226 g/mol. The van der Waals surface area contributed by atoms with E-state index in [1.54, 1.807) is 20.8 Å². The summed E-state index contributed by atoms with van der Waals surface area (Å²) in [4.78, 5) is 23.2. The van der Waals surface area contributed by atoms with E-state index in [4.69, 9.17) is 9.47 Å². The van der Waals surface area contributed by atoms with Crippen molar-refractivity contribution in [3.63, 3.8) is 0 Å². The zero-order valence-electron chi connectivity index (χ0n) is 10.0. The first kappa shape index (κ1) is 14.4. The van der Waals surface area contributed by atoms with Crippen LogP contribution in [0.3, 0.4) is 0 Å². The van der Waals surface area contributed by atoms with Crippen LogP contribution in [0, 0.1) is 5.92 Å². The van der Waals surface area contributed by atoms with E-state index in [9.17, 15) is 9.59 Å². The van der Waals surface area contributed by atoms with Crippen molar-refractivity contribution in [2.75, 3.05) is 13.2 Å². The van der Waals surface area contributed by atoms with Gasteiger partial charge in [-0.15, -0.1) is 0 Å². The Hall–Kier alpha value is -1.58. The summed E-state index contributed by atoms with van der Waals surface area (Å²) in [5.41, 5.74) is 0.892. The van der Waals surface area contributed by atoms with Crippen molar-refractivity contribution >= 4 is 11.9 Å². The number of allylic oxidation sites excluding steroid dienone is 1. The van der Waals surface area contributed by atoms with Gasteiger partial charge in [0, 0.05) is 0 Å². The van der Waals surface area contributed by atoms with Gasteiger partial charge in [0.15, 0.2) is 5.92 Å². The van der Waals surface area contributed by atoms with Crippen LogP contribution < -0.4 is 0 Å². The topological polar surface area (TPSA) is 52.6 Å². The Balaban J connectivity index is 4.89. The lowest BCUT2D eigenvalue weighted by Gasteiger charge is -2.16. The Morgan fingerprint density at radius 2 is 1.44 bits per heavy atom. The highest BCUT2D eigenvalue weighted by Crippen LogP contribution is 2.19. The Bertz CT molecular complexity index is 286. The second-order valence-electron chi connectivity index (χ2n) is 3.24. The predicted molar refractivity (Wildman–Crippen MR) is 60.7 cm³/mol. The molecule has 0 bridgehead atoms. The molecule has 0 aromatic carbocycles. The van der Waals surface area contributed by atoms with Gasteiger partial charge in [0.05, 0.1) is 13.2 Å². The first-order valence-electron chi connectivity index (χ1n) is 5.13. The Labute approximate surface area is 95.9 Å². The second-order valence-corrected chi connectivity index (χ2v) is 3.24. The first-order valence-corrected chi connectivity index (χ1v) is 5.13. The average Bonchev–Trinajstić information content (AvgIpc) is 2.18. The van der Waals surface area contributed by atoms with Gasteiger partial charge in [-0.1, -0.05) is 18.7 Å². The fourth-order valence-corrected chi connectivity index (χ4v) is 1.08. The van der Waals surface area contributed by atoms with E-state index in [0.717, 1.165) is 0 Å². The van der Waals surface area contributed by atoms with Crippen molar-refractivity contribution in [1.29, 1.82) is 0 Å². The van der Waals surface area contributed by atoms with Crippen LogP contribution in [0.25, 0.3) is 0 Å².